The molecule has 2 aromatic rings. The molecule has 1 N–H and O–H groups in total. The Balaban J connectivity index is 1.74. The number of rotatable bonds is 6. The molecule has 0 aliphatic carbocycles. The largest absolute Gasteiger partial charge is 0.469 e. The van der Waals surface area contributed by atoms with Crippen molar-refractivity contribution < 1.29 is 19.1 Å². The molecular formula is C20H22ClN3O4. The summed E-state index contributed by atoms with van der Waals surface area (Å²) in [6, 6.07) is 10.0. The zero-order valence-corrected chi connectivity index (χ0v) is 16.3. The third kappa shape index (κ3) is 4.99. The van der Waals surface area contributed by atoms with Gasteiger partial charge in [-0.3, -0.25) is 9.59 Å². The summed E-state index contributed by atoms with van der Waals surface area (Å²) in [6.45, 7) is 2.87. The van der Waals surface area contributed by atoms with Crippen LogP contribution in [0.15, 0.2) is 42.6 Å². The normalized spacial score (nSPS) is 15.0. The first-order chi connectivity index (χ1) is 13.6. The number of hydrogen-bond donors (Lipinski definition) is 1. The van der Waals surface area contributed by atoms with Crippen molar-refractivity contribution in [2.24, 2.45) is 0 Å². The number of halogens is 1. The molecule has 1 aliphatic heterocycles. The highest BCUT2D eigenvalue weighted by atomic mass is 35.5. The van der Waals surface area contributed by atoms with E-state index in [1.54, 1.807) is 30.3 Å². The van der Waals surface area contributed by atoms with E-state index in [2.05, 4.69) is 15.2 Å². The number of morpholine rings is 1. The fraction of sp³-hybridized carbons (Fsp3) is 0.350. The number of methoxy groups -OCH3 is 1. The number of aromatic nitrogens is 1. The number of esters is 1. The second kappa shape index (κ2) is 9.52. The minimum Gasteiger partial charge on any atom is -0.469 e. The van der Waals surface area contributed by atoms with Gasteiger partial charge in [0, 0.05) is 24.3 Å². The molecule has 3 rings (SSSR count). The van der Waals surface area contributed by atoms with E-state index in [1.165, 1.54) is 13.3 Å². The van der Waals surface area contributed by atoms with Crippen molar-refractivity contribution in [2.75, 3.05) is 38.3 Å². The highest BCUT2D eigenvalue weighted by molar-refractivity contribution is 6.31. The summed E-state index contributed by atoms with van der Waals surface area (Å²) in [4.78, 5) is 31.0. The standard InChI is InChI=1S/C20H22ClN3O4/c1-27-19(25)12-17(15-4-2-3-5-16(15)21)23-20(26)14-6-7-18(22-13-14)24-8-10-28-11-9-24/h2-7,13,17H,8-12H2,1H3,(H,23,26)/t17-/m0/s1. The van der Waals surface area contributed by atoms with E-state index in [4.69, 9.17) is 21.1 Å². The van der Waals surface area contributed by atoms with Crippen molar-refractivity contribution in [2.45, 2.75) is 12.5 Å². The van der Waals surface area contributed by atoms with E-state index in [0.29, 0.717) is 29.4 Å². The molecule has 0 bridgehead atoms. The Bertz CT molecular complexity index is 822. The molecular weight excluding hydrogens is 382 g/mol. The maximum absolute atomic E-state index is 12.7. The zero-order chi connectivity index (χ0) is 19.9. The van der Waals surface area contributed by atoms with Crippen LogP contribution < -0.4 is 10.2 Å². The van der Waals surface area contributed by atoms with Gasteiger partial charge in [0.25, 0.3) is 5.91 Å². The van der Waals surface area contributed by atoms with Crippen molar-refractivity contribution in [3.63, 3.8) is 0 Å². The molecule has 8 heteroatoms. The summed E-state index contributed by atoms with van der Waals surface area (Å²) in [7, 11) is 1.31. The van der Waals surface area contributed by atoms with Crippen molar-refractivity contribution in [1.29, 1.82) is 0 Å². The lowest BCUT2D eigenvalue weighted by Crippen LogP contribution is -2.36. The third-order valence-corrected chi connectivity index (χ3v) is 4.87. The van der Waals surface area contributed by atoms with Crippen LogP contribution in [0.5, 0.6) is 0 Å². The molecule has 1 saturated heterocycles. The first kappa shape index (κ1) is 20.1. The molecule has 7 nitrogen and oxygen atoms in total. The summed E-state index contributed by atoms with van der Waals surface area (Å²) in [5, 5.41) is 3.33. The quantitative estimate of drug-likeness (QED) is 0.747. The monoisotopic (exact) mass is 403 g/mol. The molecule has 0 radical (unpaired) electrons. The second-order valence-corrected chi connectivity index (χ2v) is 6.74. The van der Waals surface area contributed by atoms with Crippen molar-refractivity contribution in [3.8, 4) is 0 Å². The molecule has 1 aromatic heterocycles. The lowest BCUT2D eigenvalue weighted by molar-refractivity contribution is -0.141. The summed E-state index contributed by atoms with van der Waals surface area (Å²) >= 11 is 6.25. The molecule has 28 heavy (non-hydrogen) atoms. The fourth-order valence-corrected chi connectivity index (χ4v) is 3.26. The Morgan fingerprint density at radius 3 is 2.64 bits per heavy atom. The molecule has 1 atom stereocenters. The third-order valence-electron chi connectivity index (χ3n) is 4.53. The number of pyridine rings is 1. The molecule has 1 aliphatic rings. The summed E-state index contributed by atoms with van der Waals surface area (Å²) in [5.41, 5.74) is 1.06. The van der Waals surface area contributed by atoms with Gasteiger partial charge in [-0.25, -0.2) is 4.98 Å². The Labute approximate surface area is 168 Å². The first-order valence-corrected chi connectivity index (χ1v) is 9.37. The highest BCUT2D eigenvalue weighted by Crippen LogP contribution is 2.26. The lowest BCUT2D eigenvalue weighted by atomic mass is 10.0. The van der Waals surface area contributed by atoms with Gasteiger partial charge in [0.05, 0.1) is 38.3 Å². The van der Waals surface area contributed by atoms with Crippen molar-refractivity contribution >= 4 is 29.3 Å². The maximum Gasteiger partial charge on any atom is 0.307 e. The van der Waals surface area contributed by atoms with Crippen LogP contribution in [0, 0.1) is 0 Å². The number of nitrogens with one attached hydrogen (secondary N) is 1. The number of hydrogen-bond acceptors (Lipinski definition) is 6. The van der Waals surface area contributed by atoms with E-state index in [9.17, 15) is 9.59 Å². The summed E-state index contributed by atoms with van der Waals surface area (Å²) < 4.78 is 10.1. The van der Waals surface area contributed by atoms with E-state index in [1.807, 2.05) is 6.07 Å². The van der Waals surface area contributed by atoms with Crippen molar-refractivity contribution in [3.05, 3.63) is 58.7 Å². The topological polar surface area (TPSA) is 80.8 Å². The Kier molecular flexibility index (Phi) is 6.84. The van der Waals surface area contributed by atoms with Gasteiger partial charge in [0.2, 0.25) is 0 Å². The number of carbonyl (C=O) groups excluding carboxylic acids is 2. The number of carbonyl (C=O) groups is 2. The van der Waals surface area contributed by atoms with Crippen LogP contribution in [0.2, 0.25) is 5.02 Å². The minimum atomic E-state index is -0.604. The van der Waals surface area contributed by atoms with E-state index < -0.39 is 12.0 Å². The van der Waals surface area contributed by atoms with Gasteiger partial charge in [-0.1, -0.05) is 29.8 Å². The Morgan fingerprint density at radius 2 is 2.00 bits per heavy atom. The molecule has 1 amide bonds. The molecule has 0 spiro atoms. The number of nitrogens with zero attached hydrogens (tertiary/aromatic N) is 2. The van der Waals surface area contributed by atoms with Gasteiger partial charge < -0.3 is 19.7 Å². The molecule has 0 unspecified atom stereocenters. The van der Waals surface area contributed by atoms with Gasteiger partial charge in [0.1, 0.15) is 5.82 Å². The average molecular weight is 404 g/mol. The van der Waals surface area contributed by atoms with Crippen LogP contribution in [-0.2, 0) is 14.3 Å². The maximum atomic E-state index is 12.7. The number of ether oxygens (including phenoxy) is 2. The fourth-order valence-electron chi connectivity index (χ4n) is 2.99. The number of amides is 1. The lowest BCUT2D eigenvalue weighted by Gasteiger charge is -2.27. The summed E-state index contributed by atoms with van der Waals surface area (Å²) in [5.74, 6) is 0.0259. The van der Waals surface area contributed by atoms with Crippen LogP contribution in [0.1, 0.15) is 28.4 Å². The highest BCUT2D eigenvalue weighted by Gasteiger charge is 2.22. The predicted molar refractivity (Wildman–Crippen MR) is 106 cm³/mol. The van der Waals surface area contributed by atoms with E-state index >= 15 is 0 Å². The summed E-state index contributed by atoms with van der Waals surface area (Å²) in [6.07, 6.45) is 1.51. The van der Waals surface area contributed by atoms with Crippen LogP contribution in [-0.4, -0.2) is 50.3 Å². The van der Waals surface area contributed by atoms with Gasteiger partial charge in [-0.2, -0.15) is 0 Å². The number of anilines is 1. The van der Waals surface area contributed by atoms with Crippen LogP contribution in [0.25, 0.3) is 0 Å². The predicted octanol–water partition coefficient (Wildman–Crippen LogP) is 2.61. The average Bonchev–Trinajstić information content (AvgIpc) is 2.74. The Morgan fingerprint density at radius 1 is 1.25 bits per heavy atom. The zero-order valence-electron chi connectivity index (χ0n) is 15.6. The SMILES string of the molecule is COC(=O)C[C@H](NC(=O)c1ccc(N2CCOCC2)nc1)c1ccccc1Cl. The van der Waals surface area contributed by atoms with Crippen LogP contribution >= 0.6 is 11.6 Å². The first-order valence-electron chi connectivity index (χ1n) is 8.99. The van der Waals surface area contributed by atoms with Crippen molar-refractivity contribution in [1.82, 2.24) is 10.3 Å². The van der Waals surface area contributed by atoms with Crippen LogP contribution in [0.3, 0.4) is 0 Å². The second-order valence-electron chi connectivity index (χ2n) is 6.33. The number of benzene rings is 1. The van der Waals surface area contributed by atoms with Crippen LogP contribution in [0.4, 0.5) is 5.82 Å². The molecule has 0 saturated carbocycles. The Hall–Kier alpha value is -2.64. The van der Waals surface area contributed by atoms with Gasteiger partial charge in [-0.15, -0.1) is 0 Å². The van der Waals surface area contributed by atoms with E-state index in [-0.39, 0.29) is 12.3 Å². The smallest absolute Gasteiger partial charge is 0.307 e. The molecule has 1 aromatic carbocycles. The van der Waals surface area contributed by atoms with E-state index in [0.717, 1.165) is 18.9 Å². The van der Waals surface area contributed by atoms with Gasteiger partial charge in [0.15, 0.2) is 0 Å². The molecule has 1 fully saturated rings. The van der Waals surface area contributed by atoms with Gasteiger partial charge in [-0.05, 0) is 23.8 Å². The van der Waals surface area contributed by atoms with Gasteiger partial charge >= 0.3 is 5.97 Å². The minimum absolute atomic E-state index is 0.0226. The molecule has 2 heterocycles. The molecule has 148 valence electrons.